The molecular weight excluding hydrogens is 542 g/mol. The lowest BCUT2D eigenvalue weighted by Crippen LogP contribution is -2.37. The van der Waals surface area contributed by atoms with Crippen molar-refractivity contribution in [3.8, 4) is 11.5 Å². The van der Waals surface area contributed by atoms with E-state index in [0.717, 1.165) is 0 Å². The summed E-state index contributed by atoms with van der Waals surface area (Å²) in [5, 5.41) is 35.9. The van der Waals surface area contributed by atoms with Gasteiger partial charge in [-0.3, -0.25) is 9.79 Å². The molecule has 6 N–H and O–H groups in total. The molecule has 11 nitrogen and oxygen atoms in total. The Labute approximate surface area is 247 Å². The molecule has 0 saturated heterocycles. The van der Waals surface area contributed by atoms with Crippen LogP contribution in [0.1, 0.15) is 39.7 Å². The van der Waals surface area contributed by atoms with Gasteiger partial charge in [-0.25, -0.2) is 4.79 Å². The molecule has 11 heteroatoms. The van der Waals surface area contributed by atoms with E-state index in [-0.39, 0.29) is 40.8 Å². The highest BCUT2D eigenvalue weighted by molar-refractivity contribution is 6.04. The topological polar surface area (TPSA) is 173 Å². The predicted molar refractivity (Wildman–Crippen MR) is 162 cm³/mol. The van der Waals surface area contributed by atoms with Crippen molar-refractivity contribution in [1.82, 2.24) is 0 Å². The van der Waals surface area contributed by atoms with Crippen LogP contribution in [0.25, 0.3) is 0 Å². The van der Waals surface area contributed by atoms with Crippen LogP contribution in [0.3, 0.4) is 0 Å². The number of aliphatic hydroxyl groups is 1. The van der Waals surface area contributed by atoms with Crippen molar-refractivity contribution in [3.05, 3.63) is 59.7 Å². The van der Waals surface area contributed by atoms with Crippen LogP contribution in [0.5, 0.6) is 11.5 Å². The fourth-order valence-corrected chi connectivity index (χ4v) is 4.87. The standard InChI is InChI=1S/C31H43N3O8/c1-8-12-33-26-21-13-17(2)14-25(41-7)27(36)19(4)15-20(5)29(42-31(32)39)24(40-6)11-9-10-18(3)30(38)34-22(28(21)37)16-23(26)35/h8-12,15-17,19,24-25,27,29,35-37H,1,13-14H2,2-7H3,(H2,32,39)(H,34,38)/b11-9-,18-10?,20-15?,33-12?/t17-,19+,24+,25+,27-,29+/m1/s1. The highest BCUT2D eigenvalue weighted by atomic mass is 16.6. The number of hydrogen-bond acceptors (Lipinski definition) is 9. The third kappa shape index (κ3) is 9.04. The first-order chi connectivity index (χ1) is 19.8. The van der Waals surface area contributed by atoms with Gasteiger partial charge in [0.05, 0.1) is 17.9 Å². The largest absolute Gasteiger partial charge is 0.506 e. The Morgan fingerprint density at radius 2 is 1.90 bits per heavy atom. The molecule has 2 bridgehead atoms. The lowest BCUT2D eigenvalue weighted by atomic mass is 9.87. The summed E-state index contributed by atoms with van der Waals surface area (Å²) in [6.07, 6.45) is 5.69. The van der Waals surface area contributed by atoms with Crippen molar-refractivity contribution in [3.63, 3.8) is 0 Å². The number of hydrogen-bond donors (Lipinski definition) is 5. The molecule has 0 spiro atoms. The van der Waals surface area contributed by atoms with Gasteiger partial charge in [-0.2, -0.15) is 0 Å². The van der Waals surface area contributed by atoms with Gasteiger partial charge in [0.1, 0.15) is 23.3 Å². The summed E-state index contributed by atoms with van der Waals surface area (Å²) in [7, 11) is 2.94. The van der Waals surface area contributed by atoms with E-state index in [1.54, 1.807) is 32.1 Å². The summed E-state index contributed by atoms with van der Waals surface area (Å²) in [4.78, 5) is 29.0. The quantitative estimate of drug-likeness (QED) is 0.146. The molecule has 2 amide bonds. The summed E-state index contributed by atoms with van der Waals surface area (Å²) in [6, 6.07) is 1.23. The average molecular weight is 586 g/mol. The number of primary amides is 1. The molecule has 0 aliphatic carbocycles. The van der Waals surface area contributed by atoms with Crippen LogP contribution in [0.4, 0.5) is 16.2 Å². The molecule has 1 aromatic rings. The van der Waals surface area contributed by atoms with E-state index < -0.39 is 42.3 Å². The van der Waals surface area contributed by atoms with Crippen LogP contribution >= 0.6 is 0 Å². The van der Waals surface area contributed by atoms with Gasteiger partial charge in [-0.05, 0) is 38.2 Å². The molecule has 1 aliphatic rings. The Morgan fingerprint density at radius 3 is 2.50 bits per heavy atom. The lowest BCUT2D eigenvalue weighted by Gasteiger charge is -2.29. The van der Waals surface area contributed by atoms with Crippen molar-refractivity contribution < 1.29 is 39.1 Å². The minimum absolute atomic E-state index is 0.00774. The normalized spacial score (nSPS) is 27.1. The van der Waals surface area contributed by atoms with Crippen LogP contribution < -0.4 is 11.1 Å². The molecule has 1 heterocycles. The SMILES string of the molecule is C=CC=Nc1c(O)cc2c(O)c1C[C@@H](C)C[C@H](OC)[C@H](O)[C@@H](C)C=C(C)[C@H](OC(N)=O)[C@@H](OC)/C=C\C=C(C)C(=O)N2. The third-order valence-electron chi connectivity index (χ3n) is 7.11. The Balaban J connectivity index is 2.69. The maximum Gasteiger partial charge on any atom is 0.405 e. The van der Waals surface area contributed by atoms with Gasteiger partial charge in [-0.15, -0.1) is 0 Å². The van der Waals surface area contributed by atoms with E-state index in [1.807, 2.05) is 13.8 Å². The monoisotopic (exact) mass is 585 g/mol. The summed E-state index contributed by atoms with van der Waals surface area (Å²) in [5.74, 6) is -1.61. The summed E-state index contributed by atoms with van der Waals surface area (Å²) in [6.45, 7) is 10.6. The van der Waals surface area contributed by atoms with Gasteiger partial charge in [0.25, 0.3) is 5.91 Å². The fraction of sp³-hybridized carbons (Fsp3) is 0.452. The molecule has 230 valence electrons. The second-order valence-corrected chi connectivity index (χ2v) is 10.5. The molecule has 1 aromatic carbocycles. The number of nitrogens with one attached hydrogen (secondary N) is 1. The number of fused-ring (bicyclic) bond motifs is 2. The van der Waals surface area contributed by atoms with E-state index in [9.17, 15) is 24.9 Å². The fourth-order valence-electron chi connectivity index (χ4n) is 4.87. The number of benzene rings is 1. The number of aromatic hydroxyl groups is 2. The number of ether oxygens (including phenoxy) is 3. The number of amides is 2. The van der Waals surface area contributed by atoms with Gasteiger partial charge in [0, 0.05) is 43.6 Å². The molecule has 42 heavy (non-hydrogen) atoms. The third-order valence-corrected chi connectivity index (χ3v) is 7.11. The van der Waals surface area contributed by atoms with Crippen LogP contribution in [-0.4, -0.2) is 72.2 Å². The molecule has 1 aliphatic heterocycles. The van der Waals surface area contributed by atoms with E-state index in [1.165, 1.54) is 38.7 Å². The number of phenols is 2. The molecular formula is C31H43N3O8. The maximum absolute atomic E-state index is 13.0. The number of nitrogens with two attached hydrogens (primary N) is 1. The van der Waals surface area contributed by atoms with E-state index >= 15 is 0 Å². The van der Waals surface area contributed by atoms with Crippen molar-refractivity contribution >= 4 is 29.6 Å². The maximum atomic E-state index is 13.0. The Bertz CT molecular complexity index is 1250. The zero-order chi connectivity index (χ0) is 31.6. The lowest BCUT2D eigenvalue weighted by molar-refractivity contribution is -0.112. The minimum atomic E-state index is -0.994. The summed E-state index contributed by atoms with van der Waals surface area (Å²) in [5.41, 5.74) is 6.69. The first-order valence-corrected chi connectivity index (χ1v) is 13.6. The number of carbonyl (C=O) groups is 2. The highest BCUT2D eigenvalue weighted by Gasteiger charge is 2.30. The number of methoxy groups -OCH3 is 2. The molecule has 0 fully saturated rings. The van der Waals surface area contributed by atoms with Crippen molar-refractivity contribution in [2.75, 3.05) is 19.5 Å². The van der Waals surface area contributed by atoms with E-state index in [4.69, 9.17) is 19.9 Å². The zero-order valence-corrected chi connectivity index (χ0v) is 25.0. The Kier molecular flexibility index (Phi) is 13.0. The molecule has 0 saturated carbocycles. The van der Waals surface area contributed by atoms with Crippen LogP contribution in [-0.2, 0) is 25.4 Å². The number of rotatable bonds is 5. The Morgan fingerprint density at radius 1 is 1.21 bits per heavy atom. The number of aliphatic hydroxyl groups excluding tert-OH is 1. The average Bonchev–Trinajstić information content (AvgIpc) is 2.94. The van der Waals surface area contributed by atoms with Crippen molar-refractivity contribution in [2.24, 2.45) is 22.6 Å². The number of nitrogens with zero attached hydrogens (tertiary/aromatic N) is 1. The van der Waals surface area contributed by atoms with Crippen LogP contribution in [0.15, 0.2) is 59.2 Å². The van der Waals surface area contributed by atoms with Gasteiger partial charge in [0.2, 0.25) is 0 Å². The van der Waals surface area contributed by atoms with Gasteiger partial charge < -0.3 is 40.6 Å². The van der Waals surface area contributed by atoms with E-state index in [0.29, 0.717) is 17.6 Å². The smallest absolute Gasteiger partial charge is 0.405 e. The number of anilines is 1. The van der Waals surface area contributed by atoms with Crippen molar-refractivity contribution in [2.45, 2.75) is 65.0 Å². The first kappa shape index (κ1) is 34.3. The van der Waals surface area contributed by atoms with Gasteiger partial charge in [0.15, 0.2) is 6.10 Å². The molecule has 6 atom stereocenters. The van der Waals surface area contributed by atoms with Gasteiger partial charge >= 0.3 is 6.09 Å². The zero-order valence-electron chi connectivity index (χ0n) is 25.0. The first-order valence-electron chi connectivity index (χ1n) is 13.6. The second kappa shape index (κ2) is 15.9. The molecule has 0 aromatic heterocycles. The molecule has 2 rings (SSSR count). The summed E-state index contributed by atoms with van der Waals surface area (Å²) >= 11 is 0. The van der Waals surface area contributed by atoms with Crippen LogP contribution in [0.2, 0.25) is 0 Å². The van der Waals surface area contributed by atoms with Crippen molar-refractivity contribution in [1.29, 1.82) is 0 Å². The van der Waals surface area contributed by atoms with Gasteiger partial charge in [-0.1, -0.05) is 50.8 Å². The van der Waals surface area contributed by atoms with Crippen LogP contribution in [0, 0.1) is 11.8 Å². The highest BCUT2D eigenvalue weighted by Crippen LogP contribution is 2.44. The number of phenolic OH excluding ortho intramolecular Hbond substituents is 2. The number of allylic oxidation sites excluding steroid dienone is 3. The predicted octanol–water partition coefficient (Wildman–Crippen LogP) is 4.45. The van der Waals surface area contributed by atoms with E-state index in [2.05, 4.69) is 16.9 Å². The number of carbonyl (C=O) groups excluding carboxylic acids is 2. The second-order valence-electron chi connectivity index (χ2n) is 10.5. The minimum Gasteiger partial charge on any atom is -0.506 e. The molecule has 0 unspecified atom stereocenters. The summed E-state index contributed by atoms with van der Waals surface area (Å²) < 4.78 is 16.6. The number of aliphatic imine (C=N–C) groups is 1. The Hall–Kier alpha value is -3.93. The molecule has 0 radical (unpaired) electrons.